The molecule has 0 bridgehead atoms. The van der Waals surface area contributed by atoms with Gasteiger partial charge in [0.2, 0.25) is 5.91 Å². The number of hydrogen-bond acceptors (Lipinski definition) is 4. The Balaban J connectivity index is 2.37. The summed E-state index contributed by atoms with van der Waals surface area (Å²) in [6.07, 6.45) is 0. The smallest absolute Gasteiger partial charge is 0.313 e. The van der Waals surface area contributed by atoms with Crippen LogP contribution < -0.4 is 0 Å². The number of rotatable bonds is 6. The summed E-state index contributed by atoms with van der Waals surface area (Å²) in [5.74, 6) is -0.742. The molecule has 0 aliphatic heterocycles. The molecule has 6 heteroatoms. The molecule has 0 saturated carbocycles. The van der Waals surface area contributed by atoms with Crippen molar-refractivity contribution in [3.63, 3.8) is 0 Å². The van der Waals surface area contributed by atoms with Gasteiger partial charge in [-0.15, -0.1) is 23.1 Å². The average Bonchev–Trinajstić information content (AvgIpc) is 2.63. The molecule has 0 aliphatic carbocycles. The van der Waals surface area contributed by atoms with Crippen LogP contribution in [0.1, 0.15) is 10.4 Å². The zero-order chi connectivity index (χ0) is 12.8. The highest BCUT2D eigenvalue weighted by atomic mass is 32.2. The second-order valence-corrected chi connectivity index (χ2v) is 5.65. The fourth-order valence-corrected chi connectivity index (χ4v) is 2.84. The molecule has 1 aromatic rings. The van der Waals surface area contributed by atoms with Gasteiger partial charge in [-0.1, -0.05) is 0 Å². The van der Waals surface area contributed by atoms with Crippen LogP contribution in [0.25, 0.3) is 0 Å². The fraction of sp³-hybridized carbons (Fsp3) is 0.455. The highest BCUT2D eigenvalue weighted by Crippen LogP contribution is 2.17. The zero-order valence-electron chi connectivity index (χ0n) is 9.80. The van der Waals surface area contributed by atoms with Crippen molar-refractivity contribution in [2.45, 2.75) is 13.5 Å². The van der Waals surface area contributed by atoms with Crippen molar-refractivity contribution in [2.75, 3.05) is 18.6 Å². The number of aliphatic carboxylic acids is 1. The summed E-state index contributed by atoms with van der Waals surface area (Å²) in [6, 6.07) is 2.03. The molecular weight excluding hydrogens is 258 g/mol. The Kier molecular flexibility index (Phi) is 5.50. The van der Waals surface area contributed by atoms with Crippen LogP contribution in [0.4, 0.5) is 0 Å². The summed E-state index contributed by atoms with van der Waals surface area (Å²) >= 11 is 2.76. The number of amides is 1. The van der Waals surface area contributed by atoms with Gasteiger partial charge >= 0.3 is 5.97 Å². The Morgan fingerprint density at radius 2 is 2.18 bits per heavy atom. The number of nitrogens with zero attached hydrogens (tertiary/aromatic N) is 1. The third-order valence-corrected chi connectivity index (χ3v) is 4.14. The molecule has 1 aromatic heterocycles. The second kappa shape index (κ2) is 6.66. The number of hydrogen-bond donors (Lipinski definition) is 1. The van der Waals surface area contributed by atoms with Gasteiger partial charge in [0.1, 0.15) is 0 Å². The van der Waals surface area contributed by atoms with Crippen LogP contribution in [0, 0.1) is 6.92 Å². The fourth-order valence-electron chi connectivity index (χ4n) is 1.21. The third-order valence-electron chi connectivity index (χ3n) is 2.23. The summed E-state index contributed by atoms with van der Waals surface area (Å²) in [5, 5.41) is 10.5. The minimum atomic E-state index is -0.889. The molecule has 0 aliphatic rings. The highest BCUT2D eigenvalue weighted by Gasteiger charge is 2.11. The molecule has 0 fully saturated rings. The van der Waals surface area contributed by atoms with E-state index in [4.69, 9.17) is 5.11 Å². The van der Waals surface area contributed by atoms with Gasteiger partial charge in [-0.2, -0.15) is 0 Å². The summed E-state index contributed by atoms with van der Waals surface area (Å²) in [6.45, 7) is 2.61. The molecule has 94 valence electrons. The zero-order valence-corrected chi connectivity index (χ0v) is 11.4. The number of carboxylic acid groups (broad SMARTS) is 1. The van der Waals surface area contributed by atoms with Crippen LogP contribution in [0.3, 0.4) is 0 Å². The first-order valence-electron chi connectivity index (χ1n) is 5.07. The molecule has 1 N–H and O–H groups in total. The number of aryl methyl sites for hydroxylation is 1. The highest BCUT2D eigenvalue weighted by molar-refractivity contribution is 8.00. The van der Waals surface area contributed by atoms with Gasteiger partial charge in [-0.3, -0.25) is 9.59 Å². The third kappa shape index (κ3) is 4.79. The van der Waals surface area contributed by atoms with Crippen molar-refractivity contribution in [2.24, 2.45) is 0 Å². The average molecular weight is 273 g/mol. The summed E-state index contributed by atoms with van der Waals surface area (Å²) in [4.78, 5) is 24.8. The molecule has 0 atom stereocenters. The first-order valence-corrected chi connectivity index (χ1v) is 7.10. The predicted octanol–water partition coefficient (Wildman–Crippen LogP) is 1.83. The number of thiophene rings is 1. The van der Waals surface area contributed by atoms with Crippen molar-refractivity contribution in [1.82, 2.24) is 4.90 Å². The quantitative estimate of drug-likeness (QED) is 0.859. The Morgan fingerprint density at radius 1 is 1.47 bits per heavy atom. The van der Waals surface area contributed by atoms with Gasteiger partial charge < -0.3 is 10.0 Å². The van der Waals surface area contributed by atoms with Crippen LogP contribution >= 0.6 is 23.1 Å². The van der Waals surface area contributed by atoms with Crippen LogP contribution in [-0.2, 0) is 16.1 Å². The molecule has 17 heavy (non-hydrogen) atoms. The molecule has 4 nitrogen and oxygen atoms in total. The van der Waals surface area contributed by atoms with E-state index in [1.165, 1.54) is 10.4 Å². The van der Waals surface area contributed by atoms with Gasteiger partial charge in [0, 0.05) is 11.9 Å². The van der Waals surface area contributed by atoms with Crippen LogP contribution in [0.15, 0.2) is 11.4 Å². The van der Waals surface area contributed by atoms with E-state index < -0.39 is 5.97 Å². The van der Waals surface area contributed by atoms with Crippen LogP contribution in [0.2, 0.25) is 0 Å². The molecule has 0 radical (unpaired) electrons. The number of carbonyl (C=O) groups excluding carboxylic acids is 1. The maximum Gasteiger partial charge on any atom is 0.313 e. The van der Waals surface area contributed by atoms with Gasteiger partial charge in [0.25, 0.3) is 0 Å². The normalized spacial score (nSPS) is 10.2. The van der Waals surface area contributed by atoms with Crippen molar-refractivity contribution < 1.29 is 14.7 Å². The van der Waals surface area contributed by atoms with Gasteiger partial charge in [0.05, 0.1) is 18.1 Å². The second-order valence-electron chi connectivity index (χ2n) is 3.66. The van der Waals surface area contributed by atoms with E-state index in [2.05, 4.69) is 0 Å². The first-order chi connectivity index (χ1) is 8.00. The van der Waals surface area contributed by atoms with Gasteiger partial charge in [0.15, 0.2) is 0 Å². The maximum atomic E-state index is 11.7. The van der Waals surface area contributed by atoms with Gasteiger partial charge in [-0.25, -0.2) is 0 Å². The van der Waals surface area contributed by atoms with Crippen molar-refractivity contribution in [3.05, 3.63) is 21.9 Å². The van der Waals surface area contributed by atoms with Crippen LogP contribution in [0.5, 0.6) is 0 Å². The standard InChI is InChI=1S/C11H15NO3S2/c1-8-3-4-17-9(8)5-12(2)10(13)6-16-7-11(14)15/h3-4H,5-7H2,1-2H3,(H,14,15). The lowest BCUT2D eigenvalue weighted by Gasteiger charge is -2.16. The summed E-state index contributed by atoms with van der Waals surface area (Å²) in [5.41, 5.74) is 1.19. The van der Waals surface area contributed by atoms with E-state index in [-0.39, 0.29) is 17.4 Å². The lowest BCUT2D eigenvalue weighted by molar-refractivity contribution is -0.133. The van der Waals surface area contributed by atoms with E-state index in [9.17, 15) is 9.59 Å². The van der Waals surface area contributed by atoms with E-state index >= 15 is 0 Å². The molecule has 1 heterocycles. The minimum absolute atomic E-state index is 0.0301. The molecule has 0 spiro atoms. The van der Waals surface area contributed by atoms with E-state index in [0.29, 0.717) is 6.54 Å². The lowest BCUT2D eigenvalue weighted by Crippen LogP contribution is -2.28. The maximum absolute atomic E-state index is 11.7. The predicted molar refractivity (Wildman–Crippen MR) is 70.5 cm³/mol. The molecule has 0 unspecified atom stereocenters. The van der Waals surface area contributed by atoms with Crippen molar-refractivity contribution >= 4 is 35.0 Å². The van der Waals surface area contributed by atoms with Crippen molar-refractivity contribution in [3.8, 4) is 0 Å². The Labute approximate surface area is 109 Å². The summed E-state index contributed by atoms with van der Waals surface area (Å²) < 4.78 is 0. The largest absolute Gasteiger partial charge is 0.481 e. The van der Waals surface area contributed by atoms with Gasteiger partial charge in [-0.05, 0) is 23.9 Å². The van der Waals surface area contributed by atoms with E-state index in [0.717, 1.165) is 11.8 Å². The number of carbonyl (C=O) groups is 2. The topological polar surface area (TPSA) is 57.6 Å². The number of thioether (sulfide) groups is 1. The Morgan fingerprint density at radius 3 is 2.71 bits per heavy atom. The molecule has 0 aromatic carbocycles. The number of carboxylic acids is 1. The monoisotopic (exact) mass is 273 g/mol. The lowest BCUT2D eigenvalue weighted by atomic mass is 10.3. The molecule has 1 rings (SSSR count). The first kappa shape index (κ1) is 14.1. The molecule has 1 amide bonds. The SMILES string of the molecule is Cc1ccsc1CN(C)C(=O)CSCC(=O)O. The Bertz CT molecular complexity index is 403. The van der Waals surface area contributed by atoms with Crippen LogP contribution in [-0.4, -0.2) is 40.4 Å². The van der Waals surface area contributed by atoms with E-state index in [1.54, 1.807) is 23.3 Å². The van der Waals surface area contributed by atoms with E-state index in [1.807, 2.05) is 18.4 Å². The molecular formula is C11H15NO3S2. The minimum Gasteiger partial charge on any atom is -0.481 e. The summed E-state index contributed by atoms with van der Waals surface area (Å²) in [7, 11) is 1.74. The molecule has 0 saturated heterocycles. The Hall–Kier alpha value is -1.01. The van der Waals surface area contributed by atoms with Crippen molar-refractivity contribution in [1.29, 1.82) is 0 Å².